The molecule has 3 atom stereocenters. The lowest BCUT2D eigenvalue weighted by molar-refractivity contribution is -0.151. The highest BCUT2D eigenvalue weighted by Crippen LogP contribution is 2.39. The van der Waals surface area contributed by atoms with Crippen LogP contribution in [0.15, 0.2) is 23.1 Å². The van der Waals surface area contributed by atoms with Gasteiger partial charge in [-0.25, -0.2) is 0 Å². The summed E-state index contributed by atoms with van der Waals surface area (Å²) in [6.07, 6.45) is -0.0247. The third kappa shape index (κ3) is 3.03. The van der Waals surface area contributed by atoms with Crippen molar-refractivity contribution in [1.82, 2.24) is 0 Å². The van der Waals surface area contributed by atoms with Crippen LogP contribution in [-0.4, -0.2) is 30.0 Å². The highest BCUT2D eigenvalue weighted by Gasteiger charge is 2.43. The van der Waals surface area contributed by atoms with Crippen LogP contribution in [-0.2, 0) is 19.7 Å². The molecular formula is C17H22O3S. The maximum atomic E-state index is 11.9. The smallest absolute Gasteiger partial charge is 0.218 e. The van der Waals surface area contributed by atoms with E-state index in [0.717, 1.165) is 0 Å². The minimum Gasteiger partial charge on any atom is -0.343 e. The quantitative estimate of drug-likeness (QED) is 0.838. The molecule has 1 aromatic rings. The van der Waals surface area contributed by atoms with Gasteiger partial charge in [0.15, 0.2) is 5.78 Å². The number of fused-ring (bicyclic) bond motifs is 2. The van der Waals surface area contributed by atoms with Crippen molar-refractivity contribution in [2.24, 2.45) is 0 Å². The summed E-state index contributed by atoms with van der Waals surface area (Å²) in [5, 5.41) is 0.158. The second kappa shape index (κ2) is 5.41. The molecule has 0 unspecified atom stereocenters. The lowest BCUT2D eigenvalue weighted by Gasteiger charge is -2.27. The summed E-state index contributed by atoms with van der Waals surface area (Å²) in [4.78, 5) is 13.1. The van der Waals surface area contributed by atoms with Crippen molar-refractivity contribution in [3.05, 3.63) is 29.3 Å². The standard InChI is InChI=1S/C17H22O3S/c1-10-5-6-11(17(2,3)4)7-14(10)21-15-8-12(18)16-19-9-13(15)20-16/h5-7,13,15-16H,8-9H2,1-4H3/t13-,15+,16-/m0/s1. The van der Waals surface area contributed by atoms with E-state index in [4.69, 9.17) is 9.47 Å². The van der Waals surface area contributed by atoms with Gasteiger partial charge >= 0.3 is 0 Å². The number of hydrogen-bond donors (Lipinski definition) is 0. The molecule has 2 aliphatic heterocycles. The molecule has 2 bridgehead atoms. The van der Waals surface area contributed by atoms with Crippen LogP contribution < -0.4 is 0 Å². The number of Topliss-reactive ketones (excluding diaryl/α,β-unsaturated/α-hetero) is 1. The fraction of sp³-hybridized carbons (Fsp3) is 0.588. The molecule has 2 fully saturated rings. The third-order valence-corrected chi connectivity index (χ3v) is 5.59. The number of carbonyl (C=O) groups excluding carboxylic acids is 1. The summed E-state index contributed by atoms with van der Waals surface area (Å²) in [7, 11) is 0. The molecule has 4 heteroatoms. The van der Waals surface area contributed by atoms with Crippen molar-refractivity contribution in [3.63, 3.8) is 0 Å². The first kappa shape index (κ1) is 15.1. The fourth-order valence-electron chi connectivity index (χ4n) is 2.68. The van der Waals surface area contributed by atoms with Crippen molar-refractivity contribution in [3.8, 4) is 0 Å². The van der Waals surface area contributed by atoms with Crippen LogP contribution in [0.2, 0.25) is 0 Å². The maximum Gasteiger partial charge on any atom is 0.218 e. The van der Waals surface area contributed by atoms with Crippen molar-refractivity contribution in [1.29, 1.82) is 0 Å². The second-order valence-corrected chi connectivity index (χ2v) is 8.18. The highest BCUT2D eigenvalue weighted by molar-refractivity contribution is 8.00. The normalized spacial score (nSPS) is 29.0. The van der Waals surface area contributed by atoms with Gasteiger partial charge in [0.1, 0.15) is 0 Å². The number of rotatable bonds is 2. The van der Waals surface area contributed by atoms with E-state index >= 15 is 0 Å². The van der Waals surface area contributed by atoms with E-state index in [0.29, 0.717) is 13.0 Å². The van der Waals surface area contributed by atoms with Gasteiger partial charge in [0.2, 0.25) is 6.29 Å². The van der Waals surface area contributed by atoms with E-state index in [1.807, 2.05) is 0 Å². The number of hydrogen-bond acceptors (Lipinski definition) is 4. The Kier molecular flexibility index (Phi) is 3.89. The Labute approximate surface area is 130 Å². The van der Waals surface area contributed by atoms with Gasteiger partial charge in [0.25, 0.3) is 0 Å². The van der Waals surface area contributed by atoms with E-state index < -0.39 is 6.29 Å². The Morgan fingerprint density at radius 3 is 2.76 bits per heavy atom. The van der Waals surface area contributed by atoms with E-state index in [1.165, 1.54) is 16.0 Å². The Balaban J connectivity index is 1.82. The summed E-state index contributed by atoms with van der Waals surface area (Å²) >= 11 is 1.76. The fourth-order valence-corrected chi connectivity index (χ4v) is 4.00. The number of benzene rings is 1. The first-order valence-electron chi connectivity index (χ1n) is 7.42. The predicted molar refractivity (Wildman–Crippen MR) is 83.8 cm³/mol. The molecule has 3 rings (SSSR count). The molecular weight excluding hydrogens is 284 g/mol. The molecule has 2 heterocycles. The van der Waals surface area contributed by atoms with Crippen molar-refractivity contribution < 1.29 is 14.3 Å². The van der Waals surface area contributed by atoms with Gasteiger partial charge in [-0.15, -0.1) is 11.8 Å². The molecule has 0 spiro atoms. The maximum absolute atomic E-state index is 11.9. The molecule has 0 radical (unpaired) electrons. The molecule has 21 heavy (non-hydrogen) atoms. The van der Waals surface area contributed by atoms with Crippen molar-refractivity contribution >= 4 is 17.5 Å². The number of thioether (sulfide) groups is 1. The summed E-state index contributed by atoms with van der Waals surface area (Å²) in [6, 6.07) is 6.62. The number of aryl methyl sites for hydroxylation is 1. The molecule has 3 nitrogen and oxygen atoms in total. The molecule has 1 aromatic carbocycles. The lowest BCUT2D eigenvalue weighted by Crippen LogP contribution is -2.37. The monoisotopic (exact) mass is 306 g/mol. The zero-order valence-electron chi connectivity index (χ0n) is 13.0. The van der Waals surface area contributed by atoms with Crippen LogP contribution in [0, 0.1) is 6.92 Å². The number of carbonyl (C=O) groups is 1. The van der Waals surface area contributed by atoms with Gasteiger partial charge in [-0.3, -0.25) is 4.79 Å². The highest BCUT2D eigenvalue weighted by atomic mass is 32.2. The average molecular weight is 306 g/mol. The van der Waals surface area contributed by atoms with Crippen LogP contribution in [0.25, 0.3) is 0 Å². The molecule has 2 saturated heterocycles. The summed E-state index contributed by atoms with van der Waals surface area (Å²) in [5.74, 6) is 0.0749. The van der Waals surface area contributed by atoms with Crippen molar-refractivity contribution in [2.75, 3.05) is 6.61 Å². The molecule has 114 valence electrons. The minimum atomic E-state index is -0.603. The topological polar surface area (TPSA) is 35.5 Å². The Bertz CT molecular complexity index is 562. The molecule has 0 aliphatic carbocycles. The zero-order chi connectivity index (χ0) is 15.2. The van der Waals surface area contributed by atoms with Gasteiger partial charge in [-0.05, 0) is 29.5 Å². The van der Waals surface area contributed by atoms with Gasteiger partial charge in [0.05, 0.1) is 12.7 Å². The summed E-state index contributed by atoms with van der Waals surface area (Å²) in [5.41, 5.74) is 2.70. The molecule has 2 aliphatic rings. The number of ketones is 1. The van der Waals surface area contributed by atoms with E-state index in [9.17, 15) is 4.79 Å². The molecule has 0 N–H and O–H groups in total. The van der Waals surface area contributed by atoms with Gasteiger partial charge in [0, 0.05) is 16.6 Å². The van der Waals surface area contributed by atoms with Crippen LogP contribution in [0.5, 0.6) is 0 Å². The van der Waals surface area contributed by atoms with E-state index in [2.05, 4.69) is 45.9 Å². The SMILES string of the molecule is Cc1ccc(C(C)(C)C)cc1S[C@@H]1CC(=O)[C@H]2OC[C@@H]1O2. The first-order chi connectivity index (χ1) is 9.84. The minimum absolute atomic E-state index is 0.0374. The number of ether oxygens (including phenoxy) is 2. The third-order valence-electron chi connectivity index (χ3n) is 4.12. The lowest BCUT2D eigenvalue weighted by atomic mass is 9.87. The van der Waals surface area contributed by atoms with E-state index in [1.54, 1.807) is 11.8 Å². The summed E-state index contributed by atoms with van der Waals surface area (Å²) in [6.45, 7) is 9.30. The second-order valence-electron chi connectivity index (χ2n) is 6.90. The van der Waals surface area contributed by atoms with Crippen LogP contribution in [0.4, 0.5) is 0 Å². The summed E-state index contributed by atoms with van der Waals surface area (Å²) < 4.78 is 11.0. The first-order valence-corrected chi connectivity index (χ1v) is 8.30. The largest absolute Gasteiger partial charge is 0.343 e. The molecule has 0 saturated carbocycles. The average Bonchev–Trinajstić information content (AvgIpc) is 2.83. The van der Waals surface area contributed by atoms with Gasteiger partial charge in [-0.1, -0.05) is 32.9 Å². The Hall–Kier alpha value is -0.840. The zero-order valence-corrected chi connectivity index (χ0v) is 13.8. The van der Waals surface area contributed by atoms with Gasteiger partial charge < -0.3 is 9.47 Å². The Morgan fingerprint density at radius 2 is 2.05 bits per heavy atom. The van der Waals surface area contributed by atoms with E-state index in [-0.39, 0.29) is 22.6 Å². The van der Waals surface area contributed by atoms with Crippen LogP contribution >= 0.6 is 11.8 Å². The van der Waals surface area contributed by atoms with Crippen molar-refractivity contribution in [2.45, 2.75) is 62.1 Å². The predicted octanol–water partition coefficient (Wildman–Crippen LogP) is 3.47. The van der Waals surface area contributed by atoms with Crippen LogP contribution in [0.1, 0.15) is 38.3 Å². The van der Waals surface area contributed by atoms with Crippen LogP contribution in [0.3, 0.4) is 0 Å². The molecule has 0 aromatic heterocycles. The van der Waals surface area contributed by atoms with Gasteiger partial charge in [-0.2, -0.15) is 0 Å². The molecule has 0 amide bonds. The Morgan fingerprint density at radius 1 is 1.29 bits per heavy atom.